The fraction of sp³-hybridized carbons (Fsp3) is 0.441. The highest BCUT2D eigenvalue weighted by molar-refractivity contribution is 6.04. The van der Waals surface area contributed by atoms with Crippen LogP contribution in [-0.2, 0) is 41.6 Å². The van der Waals surface area contributed by atoms with Crippen molar-refractivity contribution in [3.05, 3.63) is 33.4 Å². The van der Waals surface area contributed by atoms with Gasteiger partial charge in [-0.05, 0) is 34.6 Å². The minimum Gasteiger partial charge on any atom is -0.496 e. The first-order valence-corrected chi connectivity index (χ1v) is 14.8. The van der Waals surface area contributed by atoms with Crippen LogP contribution in [-0.4, -0.2) is 60.2 Å². The summed E-state index contributed by atoms with van der Waals surface area (Å²) in [5.74, 6) is -6.34. The van der Waals surface area contributed by atoms with E-state index in [1.807, 2.05) is 0 Å². The Morgan fingerprint density at radius 1 is 0.646 bits per heavy atom. The second kappa shape index (κ2) is 14.2. The number of hydrogen-bond donors (Lipinski definition) is 0. The highest BCUT2D eigenvalue weighted by Gasteiger charge is 2.45. The topological polar surface area (TPSA) is 184 Å². The highest BCUT2D eigenvalue weighted by Crippen LogP contribution is 2.52. The Morgan fingerprint density at radius 3 is 1.52 bits per heavy atom. The minimum atomic E-state index is -1.20. The molecule has 1 atom stereocenters. The fourth-order valence-electron chi connectivity index (χ4n) is 5.57. The molecule has 0 saturated heterocycles. The summed E-state index contributed by atoms with van der Waals surface area (Å²) in [5.41, 5.74) is -1.42. The molecule has 0 saturated carbocycles. The van der Waals surface area contributed by atoms with Crippen molar-refractivity contribution >= 4 is 41.4 Å². The zero-order valence-corrected chi connectivity index (χ0v) is 28.7. The van der Waals surface area contributed by atoms with Crippen LogP contribution in [0.15, 0.2) is 0 Å². The van der Waals surface area contributed by atoms with Gasteiger partial charge in [-0.3, -0.25) is 33.6 Å². The third-order valence-corrected chi connectivity index (χ3v) is 7.32. The summed E-state index contributed by atoms with van der Waals surface area (Å²) in [5, 5.41) is 0. The number of ketones is 2. The van der Waals surface area contributed by atoms with Gasteiger partial charge in [0.2, 0.25) is 0 Å². The van der Waals surface area contributed by atoms with Crippen LogP contribution in [0.3, 0.4) is 0 Å². The van der Waals surface area contributed by atoms with E-state index in [0.29, 0.717) is 0 Å². The lowest BCUT2D eigenvalue weighted by Crippen LogP contribution is -2.49. The lowest BCUT2D eigenvalue weighted by Gasteiger charge is -2.40. The molecule has 0 spiro atoms. The highest BCUT2D eigenvalue weighted by atomic mass is 16.6. The maximum atomic E-state index is 13.4. The first kappa shape index (κ1) is 37.2. The molecule has 0 bridgehead atoms. The van der Waals surface area contributed by atoms with Crippen LogP contribution in [0.4, 0.5) is 0 Å². The Kier molecular flexibility index (Phi) is 11.0. The molecule has 1 heterocycles. The van der Waals surface area contributed by atoms with E-state index in [4.69, 9.17) is 33.2 Å². The third-order valence-electron chi connectivity index (χ3n) is 7.32. The van der Waals surface area contributed by atoms with Gasteiger partial charge in [-0.1, -0.05) is 0 Å². The number of methoxy groups -OCH3 is 1. The summed E-state index contributed by atoms with van der Waals surface area (Å²) < 4.78 is 39.8. The molecule has 14 nitrogen and oxygen atoms in total. The second-order valence-corrected chi connectivity index (χ2v) is 11.7. The van der Waals surface area contributed by atoms with Crippen molar-refractivity contribution in [2.24, 2.45) is 0 Å². The molecule has 258 valence electrons. The van der Waals surface area contributed by atoms with E-state index >= 15 is 0 Å². The van der Waals surface area contributed by atoms with Crippen molar-refractivity contribution in [1.29, 1.82) is 0 Å². The molecule has 0 amide bonds. The van der Waals surface area contributed by atoms with Crippen LogP contribution in [0.2, 0.25) is 0 Å². The van der Waals surface area contributed by atoms with Crippen LogP contribution in [0.25, 0.3) is 0 Å². The summed E-state index contributed by atoms with van der Waals surface area (Å²) >= 11 is 0. The zero-order chi connectivity index (χ0) is 36.4. The van der Waals surface area contributed by atoms with Gasteiger partial charge < -0.3 is 33.2 Å². The van der Waals surface area contributed by atoms with Gasteiger partial charge in [0, 0.05) is 69.7 Å². The van der Waals surface area contributed by atoms with Gasteiger partial charge in [0.05, 0.1) is 7.11 Å². The number of benzene rings is 2. The average Bonchev–Trinajstić information content (AvgIpc) is 2.91. The summed E-state index contributed by atoms with van der Waals surface area (Å²) in [6.45, 7) is 12.8. The average molecular weight is 671 g/mol. The molecule has 3 rings (SSSR count). The van der Waals surface area contributed by atoms with Crippen LogP contribution in [0.1, 0.15) is 105 Å². The third kappa shape index (κ3) is 7.64. The van der Waals surface area contributed by atoms with Crippen LogP contribution >= 0.6 is 0 Å². The van der Waals surface area contributed by atoms with Crippen LogP contribution in [0.5, 0.6) is 34.5 Å². The Labute approximate surface area is 276 Å². The van der Waals surface area contributed by atoms with E-state index in [1.165, 1.54) is 34.8 Å². The van der Waals surface area contributed by atoms with Gasteiger partial charge in [0.1, 0.15) is 40.1 Å². The maximum absolute atomic E-state index is 13.4. The van der Waals surface area contributed by atoms with Gasteiger partial charge in [0.15, 0.2) is 28.8 Å². The van der Waals surface area contributed by atoms with Gasteiger partial charge in [-0.25, -0.2) is 0 Å². The van der Waals surface area contributed by atoms with Crippen molar-refractivity contribution in [3.8, 4) is 34.5 Å². The molecular formula is C34H38O14. The summed E-state index contributed by atoms with van der Waals surface area (Å²) in [7, 11) is 1.28. The molecule has 1 aliphatic heterocycles. The van der Waals surface area contributed by atoms with E-state index in [9.17, 15) is 33.6 Å². The molecule has 1 unspecified atom stereocenters. The number of Topliss-reactive ketones (excluding diaryl/α,β-unsaturated/α-hetero) is 2. The molecule has 0 aliphatic carbocycles. The largest absolute Gasteiger partial charge is 0.496 e. The van der Waals surface area contributed by atoms with Crippen molar-refractivity contribution in [3.63, 3.8) is 0 Å². The number of fused-ring (bicyclic) bond motifs is 1. The standard InChI is InChI=1S/C34H38O14/c1-14-28(42-11)22(31(46-20(7)40)26(15(2)35)29(14)44-18(5)38)12-23-30(45-19(6)39)24-13-25(43-17(4)37)34(9,10)48-33(24)27(16(3)36)32(23)47-21(8)41/h25H,12-13H2,1-11H3. The lowest BCUT2D eigenvalue weighted by atomic mass is 9.84. The van der Waals surface area contributed by atoms with Crippen molar-refractivity contribution < 1.29 is 66.7 Å². The summed E-state index contributed by atoms with van der Waals surface area (Å²) in [6, 6.07) is 0. The Bertz CT molecular complexity index is 1750. The van der Waals surface area contributed by atoms with E-state index < -0.39 is 59.5 Å². The SMILES string of the molecule is COc1c(C)c(OC(C)=O)c(C(C)=O)c(OC(C)=O)c1Cc1c(OC(C)=O)c2c(c(C(C)=O)c1OC(C)=O)OC(C)(C)C(OC(C)=O)C2. The molecule has 2 aromatic rings. The van der Waals surface area contributed by atoms with E-state index in [-0.39, 0.29) is 74.3 Å². The molecule has 0 N–H and O–H groups in total. The molecule has 2 aromatic carbocycles. The number of rotatable bonds is 10. The Morgan fingerprint density at radius 2 is 1.08 bits per heavy atom. The van der Waals surface area contributed by atoms with Crippen molar-refractivity contribution in [2.45, 2.75) is 93.8 Å². The number of ether oxygens (including phenoxy) is 7. The lowest BCUT2D eigenvalue weighted by molar-refractivity contribution is -0.158. The number of esters is 5. The monoisotopic (exact) mass is 670 g/mol. The number of hydrogen-bond acceptors (Lipinski definition) is 14. The molecule has 0 radical (unpaired) electrons. The van der Waals surface area contributed by atoms with Crippen LogP contribution < -0.4 is 28.4 Å². The van der Waals surface area contributed by atoms with Gasteiger partial charge in [0.25, 0.3) is 0 Å². The van der Waals surface area contributed by atoms with Crippen LogP contribution in [0, 0.1) is 6.92 Å². The normalized spacial score (nSPS) is 14.4. The first-order chi connectivity index (χ1) is 22.2. The fourth-order valence-corrected chi connectivity index (χ4v) is 5.57. The second-order valence-electron chi connectivity index (χ2n) is 11.7. The summed E-state index contributed by atoms with van der Waals surface area (Å²) in [4.78, 5) is 88.2. The zero-order valence-electron chi connectivity index (χ0n) is 28.7. The Hall–Kier alpha value is -5.27. The minimum absolute atomic E-state index is 0.00711. The number of carbonyl (C=O) groups is 7. The molecule has 1 aliphatic rings. The van der Waals surface area contributed by atoms with Gasteiger partial charge >= 0.3 is 29.8 Å². The summed E-state index contributed by atoms with van der Waals surface area (Å²) in [6.07, 6.45) is -1.48. The van der Waals surface area contributed by atoms with E-state index in [1.54, 1.807) is 13.8 Å². The maximum Gasteiger partial charge on any atom is 0.308 e. The van der Waals surface area contributed by atoms with E-state index in [2.05, 4.69) is 0 Å². The molecular weight excluding hydrogens is 632 g/mol. The predicted molar refractivity (Wildman–Crippen MR) is 166 cm³/mol. The first-order valence-electron chi connectivity index (χ1n) is 14.8. The smallest absolute Gasteiger partial charge is 0.308 e. The quantitative estimate of drug-likeness (QED) is 0.197. The molecule has 0 fully saturated rings. The predicted octanol–water partition coefficient (Wildman–Crippen LogP) is 4.35. The molecule has 48 heavy (non-hydrogen) atoms. The van der Waals surface area contributed by atoms with Gasteiger partial charge in [-0.2, -0.15) is 0 Å². The molecule has 14 heteroatoms. The molecule has 0 aromatic heterocycles. The van der Waals surface area contributed by atoms with Gasteiger partial charge in [-0.15, -0.1) is 0 Å². The van der Waals surface area contributed by atoms with Crippen molar-refractivity contribution in [1.82, 2.24) is 0 Å². The number of carbonyl (C=O) groups excluding carboxylic acids is 7. The van der Waals surface area contributed by atoms with Crippen molar-refractivity contribution in [2.75, 3.05) is 7.11 Å². The Balaban J connectivity index is 2.63. The van der Waals surface area contributed by atoms with E-state index in [0.717, 1.165) is 27.7 Å².